The van der Waals surface area contributed by atoms with Gasteiger partial charge in [-0.05, 0) is 18.9 Å². The van der Waals surface area contributed by atoms with Gasteiger partial charge in [0.2, 0.25) is 0 Å². The summed E-state index contributed by atoms with van der Waals surface area (Å²) in [4.78, 5) is 28.3. The van der Waals surface area contributed by atoms with E-state index in [9.17, 15) is 9.59 Å². The molecular formula is C18H25N3O5. The second kappa shape index (κ2) is 7.28. The molecule has 8 nitrogen and oxygen atoms in total. The molecule has 0 unspecified atom stereocenters. The van der Waals surface area contributed by atoms with Gasteiger partial charge in [0, 0.05) is 32.6 Å². The number of alkyl carbamates (subject to hydrolysis) is 1. The third-order valence-electron chi connectivity index (χ3n) is 5.43. The van der Waals surface area contributed by atoms with E-state index in [2.05, 4.69) is 10.2 Å². The minimum atomic E-state index is -0.454. The lowest BCUT2D eigenvalue weighted by atomic mass is 9.95. The van der Waals surface area contributed by atoms with Crippen LogP contribution >= 0.6 is 0 Å². The van der Waals surface area contributed by atoms with E-state index in [-0.39, 0.29) is 12.0 Å². The minimum Gasteiger partial charge on any atom is -0.467 e. The molecule has 3 saturated heterocycles. The molecule has 1 spiro atoms. The van der Waals surface area contributed by atoms with Crippen molar-refractivity contribution in [2.45, 2.75) is 31.4 Å². The lowest BCUT2D eigenvalue weighted by Gasteiger charge is -2.25. The van der Waals surface area contributed by atoms with Gasteiger partial charge in [-0.2, -0.15) is 0 Å². The Labute approximate surface area is 152 Å². The number of hydrogen-bond acceptors (Lipinski definition) is 6. The highest BCUT2D eigenvalue weighted by molar-refractivity contribution is 5.94. The Bertz CT molecular complexity index is 670. The Kier molecular flexibility index (Phi) is 4.86. The van der Waals surface area contributed by atoms with Crippen molar-refractivity contribution in [3.63, 3.8) is 0 Å². The average Bonchev–Trinajstić information content (AvgIpc) is 3.19. The van der Waals surface area contributed by atoms with Crippen molar-refractivity contribution in [1.82, 2.24) is 15.1 Å². The van der Waals surface area contributed by atoms with Crippen molar-refractivity contribution in [2.75, 3.05) is 45.9 Å². The van der Waals surface area contributed by atoms with Gasteiger partial charge in [0.05, 0.1) is 31.9 Å². The molecule has 142 valence electrons. The first-order chi connectivity index (χ1) is 12.6. The number of carbonyl (C=O) groups is 2. The Morgan fingerprint density at radius 2 is 2.04 bits per heavy atom. The monoisotopic (exact) mass is 363 g/mol. The van der Waals surface area contributed by atoms with Gasteiger partial charge in [-0.25, -0.2) is 4.79 Å². The average molecular weight is 363 g/mol. The highest BCUT2D eigenvalue weighted by Gasteiger charge is 2.42. The van der Waals surface area contributed by atoms with E-state index >= 15 is 0 Å². The van der Waals surface area contributed by atoms with E-state index in [1.165, 1.54) is 0 Å². The molecule has 0 aliphatic carbocycles. The largest absolute Gasteiger partial charge is 0.467 e. The van der Waals surface area contributed by atoms with Gasteiger partial charge in [0.1, 0.15) is 17.6 Å². The second-order valence-corrected chi connectivity index (χ2v) is 7.26. The molecule has 8 heteroatoms. The molecule has 0 radical (unpaired) electrons. The van der Waals surface area contributed by atoms with Crippen LogP contribution in [0.3, 0.4) is 0 Å². The number of ether oxygens (including phenoxy) is 2. The highest BCUT2D eigenvalue weighted by Crippen LogP contribution is 2.30. The number of morpholine rings is 1. The third-order valence-corrected chi connectivity index (χ3v) is 5.43. The molecule has 1 aromatic heterocycles. The van der Waals surface area contributed by atoms with E-state index in [1.54, 1.807) is 6.26 Å². The van der Waals surface area contributed by atoms with E-state index < -0.39 is 5.60 Å². The van der Waals surface area contributed by atoms with Crippen LogP contribution in [0.2, 0.25) is 0 Å². The zero-order valence-corrected chi connectivity index (χ0v) is 14.9. The van der Waals surface area contributed by atoms with E-state index in [4.69, 9.17) is 13.9 Å². The van der Waals surface area contributed by atoms with Gasteiger partial charge in [0.15, 0.2) is 0 Å². The molecule has 0 saturated carbocycles. The summed E-state index contributed by atoms with van der Waals surface area (Å²) >= 11 is 0. The standard InChI is InChI=1S/C18H25N3O5/c22-16(14-10-15(25-12-14)11-20-6-8-24-9-7-20)21-4-1-2-18(3-5-21)13-19-17(23)26-18/h10,12H,1-9,11,13H2,(H,19,23)/t18-/m0/s1. The number of nitrogens with zero attached hydrogens (tertiary/aromatic N) is 2. The van der Waals surface area contributed by atoms with E-state index in [1.807, 2.05) is 11.0 Å². The zero-order valence-electron chi connectivity index (χ0n) is 14.9. The first kappa shape index (κ1) is 17.4. The number of likely N-dealkylation sites (tertiary alicyclic amines) is 1. The molecule has 3 aliphatic rings. The predicted octanol–water partition coefficient (Wildman–Crippen LogP) is 1.22. The fourth-order valence-corrected chi connectivity index (χ4v) is 3.89. The number of rotatable bonds is 3. The molecular weight excluding hydrogens is 338 g/mol. The zero-order chi connectivity index (χ0) is 18.0. The second-order valence-electron chi connectivity index (χ2n) is 7.26. The van der Waals surface area contributed by atoms with Crippen LogP contribution in [-0.4, -0.2) is 73.3 Å². The molecule has 4 rings (SSSR count). The van der Waals surface area contributed by atoms with Gasteiger partial charge in [-0.1, -0.05) is 0 Å². The maximum absolute atomic E-state index is 12.8. The van der Waals surface area contributed by atoms with Gasteiger partial charge < -0.3 is 24.1 Å². The summed E-state index contributed by atoms with van der Waals surface area (Å²) in [6.07, 6.45) is 3.46. The summed E-state index contributed by atoms with van der Waals surface area (Å²) in [5.41, 5.74) is 0.134. The number of furan rings is 1. The number of nitrogens with one attached hydrogen (secondary N) is 1. The Morgan fingerprint density at radius 1 is 1.19 bits per heavy atom. The van der Waals surface area contributed by atoms with Crippen molar-refractivity contribution in [3.8, 4) is 0 Å². The molecule has 2 amide bonds. The summed E-state index contributed by atoms with van der Waals surface area (Å²) in [5, 5.41) is 2.73. The third kappa shape index (κ3) is 3.71. The topological polar surface area (TPSA) is 84.3 Å². The number of hydrogen-bond donors (Lipinski definition) is 1. The van der Waals surface area contributed by atoms with Gasteiger partial charge >= 0.3 is 6.09 Å². The van der Waals surface area contributed by atoms with Gasteiger partial charge in [-0.3, -0.25) is 9.69 Å². The van der Waals surface area contributed by atoms with Crippen LogP contribution in [0.5, 0.6) is 0 Å². The molecule has 0 aromatic carbocycles. The summed E-state index contributed by atoms with van der Waals surface area (Å²) in [6, 6.07) is 1.84. The normalized spacial score (nSPS) is 27.2. The van der Waals surface area contributed by atoms with Gasteiger partial charge in [0.25, 0.3) is 5.91 Å². The summed E-state index contributed by atoms with van der Waals surface area (Å²) < 4.78 is 16.4. The number of carbonyl (C=O) groups excluding carboxylic acids is 2. The first-order valence-electron chi connectivity index (χ1n) is 9.27. The van der Waals surface area contributed by atoms with Crippen molar-refractivity contribution in [1.29, 1.82) is 0 Å². The lowest BCUT2D eigenvalue weighted by Crippen LogP contribution is -2.36. The van der Waals surface area contributed by atoms with Crippen molar-refractivity contribution < 1.29 is 23.5 Å². The maximum atomic E-state index is 12.8. The molecule has 3 fully saturated rings. The quantitative estimate of drug-likeness (QED) is 0.869. The molecule has 1 atom stereocenters. The van der Waals surface area contributed by atoms with Crippen molar-refractivity contribution >= 4 is 12.0 Å². The number of amides is 2. The summed E-state index contributed by atoms with van der Waals surface area (Å²) in [7, 11) is 0. The SMILES string of the molecule is O=C1NC[C@@]2(CCCN(C(=O)c3coc(CN4CCOCC4)c3)CC2)O1. The Hall–Kier alpha value is -2.06. The van der Waals surface area contributed by atoms with Crippen LogP contribution in [0.4, 0.5) is 4.79 Å². The Morgan fingerprint density at radius 3 is 2.81 bits per heavy atom. The molecule has 1 N–H and O–H groups in total. The predicted molar refractivity (Wildman–Crippen MR) is 91.8 cm³/mol. The van der Waals surface area contributed by atoms with E-state index in [0.717, 1.165) is 44.9 Å². The van der Waals surface area contributed by atoms with Crippen LogP contribution < -0.4 is 5.32 Å². The minimum absolute atomic E-state index is 0.0173. The summed E-state index contributed by atoms with van der Waals surface area (Å²) in [5.74, 6) is 0.784. The van der Waals surface area contributed by atoms with Crippen LogP contribution in [-0.2, 0) is 16.0 Å². The molecule has 26 heavy (non-hydrogen) atoms. The van der Waals surface area contributed by atoms with E-state index in [0.29, 0.717) is 38.2 Å². The van der Waals surface area contributed by atoms with Crippen molar-refractivity contribution in [2.24, 2.45) is 0 Å². The highest BCUT2D eigenvalue weighted by atomic mass is 16.6. The lowest BCUT2D eigenvalue weighted by molar-refractivity contribution is 0.0313. The fraction of sp³-hybridized carbons (Fsp3) is 0.667. The maximum Gasteiger partial charge on any atom is 0.407 e. The van der Waals surface area contributed by atoms with Crippen molar-refractivity contribution in [3.05, 3.63) is 23.7 Å². The molecule has 0 bridgehead atoms. The van der Waals surface area contributed by atoms with Crippen LogP contribution in [0.1, 0.15) is 35.4 Å². The summed E-state index contributed by atoms with van der Waals surface area (Å²) in [6.45, 7) is 5.71. The molecule has 4 heterocycles. The Balaban J connectivity index is 1.36. The van der Waals surface area contributed by atoms with Crippen LogP contribution in [0.25, 0.3) is 0 Å². The molecule has 1 aromatic rings. The fourth-order valence-electron chi connectivity index (χ4n) is 3.89. The first-order valence-corrected chi connectivity index (χ1v) is 9.27. The van der Waals surface area contributed by atoms with Crippen LogP contribution in [0.15, 0.2) is 16.7 Å². The smallest absolute Gasteiger partial charge is 0.407 e. The molecule has 3 aliphatic heterocycles. The van der Waals surface area contributed by atoms with Gasteiger partial charge in [-0.15, -0.1) is 0 Å². The van der Waals surface area contributed by atoms with Crippen LogP contribution in [0, 0.1) is 0 Å².